The zero-order chi connectivity index (χ0) is 45.1. The summed E-state index contributed by atoms with van der Waals surface area (Å²) in [6.07, 6.45) is -2.11. The van der Waals surface area contributed by atoms with Crippen LogP contribution in [0.1, 0.15) is 33.2 Å². The van der Waals surface area contributed by atoms with E-state index in [-0.39, 0.29) is 22.3 Å². The number of hydrogen-bond donors (Lipinski definition) is 0. The van der Waals surface area contributed by atoms with Crippen molar-refractivity contribution < 1.29 is 11.0 Å². The third kappa shape index (κ3) is 6.96. The fourth-order valence-corrected chi connectivity index (χ4v) is 7.33. The van der Waals surface area contributed by atoms with Crippen LogP contribution in [0, 0.1) is 0 Å². The first kappa shape index (κ1) is 26.5. The predicted molar refractivity (Wildman–Crippen MR) is 233 cm³/mol. The van der Waals surface area contributed by atoms with E-state index < -0.39 is 25.5 Å². The molecule has 0 atom stereocenters. The van der Waals surface area contributed by atoms with Gasteiger partial charge in [-0.2, -0.15) is 0 Å². The van der Waals surface area contributed by atoms with Gasteiger partial charge >= 0.3 is 0 Å². The molecule has 0 saturated heterocycles. The maximum Gasteiger partial charge on any atom is 0.0997 e. The Labute approximate surface area is 343 Å². The highest BCUT2D eigenvalue weighted by molar-refractivity contribution is 6.11. The van der Waals surface area contributed by atoms with Gasteiger partial charge in [0.15, 0.2) is 0 Å². The van der Waals surface area contributed by atoms with Crippen molar-refractivity contribution in [2.45, 2.75) is 25.5 Å². The van der Waals surface area contributed by atoms with Crippen LogP contribution in [0.4, 0.5) is 0 Å². The van der Waals surface area contributed by atoms with Crippen LogP contribution >= 0.6 is 0 Å². The van der Waals surface area contributed by atoms with Crippen LogP contribution in [0.3, 0.4) is 0 Å². The third-order valence-electron chi connectivity index (χ3n) is 10.1. The van der Waals surface area contributed by atoms with Crippen molar-refractivity contribution in [3.05, 3.63) is 211 Å². The zero-order valence-electron chi connectivity index (χ0n) is 38.6. The molecule has 0 N–H and O–H groups in total. The van der Waals surface area contributed by atoms with Gasteiger partial charge in [-0.25, -0.2) is 4.98 Å². The molecule has 5 heteroatoms. The number of benzene rings is 5. The summed E-state index contributed by atoms with van der Waals surface area (Å²) < 4.78 is 77.9. The molecule has 0 amide bonds. The molecule has 0 fully saturated rings. The van der Waals surface area contributed by atoms with Crippen LogP contribution in [-0.2, 0) is 25.5 Å². The topological polar surface area (TPSA) is 56.0 Å². The molecule has 5 nitrogen and oxygen atoms in total. The fraction of sp³-hybridized carbons (Fsp3) is 0.0769. The Morgan fingerprint density at radius 3 is 1.58 bits per heavy atom. The second-order valence-electron chi connectivity index (χ2n) is 13.7. The molecule has 0 aliphatic heterocycles. The van der Waals surface area contributed by atoms with Gasteiger partial charge in [0.05, 0.1) is 40.5 Å². The highest BCUT2D eigenvalue weighted by Gasteiger charge is 2.15. The minimum Gasteiger partial charge on any atom is -0.298 e. The number of hydrogen-bond acceptors (Lipinski definition) is 4. The highest BCUT2D eigenvalue weighted by atomic mass is 15.0. The van der Waals surface area contributed by atoms with Gasteiger partial charge in [-0.15, -0.1) is 0 Å². The van der Waals surface area contributed by atoms with Gasteiger partial charge in [0, 0.05) is 51.5 Å². The number of rotatable bonds is 10. The average molecular weight is 742 g/mol. The number of nitrogens with zero attached hydrogens (tertiary/aromatic N) is 5. The van der Waals surface area contributed by atoms with Gasteiger partial charge in [-0.1, -0.05) is 115 Å². The van der Waals surface area contributed by atoms with Crippen molar-refractivity contribution in [2.24, 2.45) is 0 Å². The summed E-state index contributed by atoms with van der Waals surface area (Å²) in [5.74, 6) is 0. The van der Waals surface area contributed by atoms with Crippen LogP contribution in [-0.4, -0.2) is 24.3 Å². The van der Waals surface area contributed by atoms with Crippen molar-refractivity contribution in [3.8, 4) is 44.8 Å². The molecule has 10 aromatic rings. The van der Waals surface area contributed by atoms with E-state index in [0.717, 1.165) is 49.6 Å². The zero-order valence-corrected chi connectivity index (χ0v) is 30.6. The lowest BCUT2D eigenvalue weighted by Gasteiger charge is -2.16. The largest absolute Gasteiger partial charge is 0.298 e. The Morgan fingerprint density at radius 1 is 0.421 bits per heavy atom. The number of imidazole rings is 1. The SMILES string of the molecule is [2H]C([2H])(c1ccc(-c2ccccn2)cc1)C([2H])([2H])c1cc(-c2ccccc2-c2ccc3c4ncccc4c4cncn4c3c2)cc(C([2H])([2H])C([2H])([2H])c2ccc(-c3ccccn3)cc2)c1. The Hall–Kier alpha value is -7.24. The molecule has 0 spiro atoms. The molecule has 10 rings (SSSR count). The molecule has 0 radical (unpaired) electrons. The second-order valence-corrected chi connectivity index (χ2v) is 13.7. The molecule has 272 valence electrons. The summed E-state index contributed by atoms with van der Waals surface area (Å²) in [5, 5.41) is 1.88. The maximum absolute atomic E-state index is 9.59. The normalized spacial score (nSPS) is 14.5. The van der Waals surface area contributed by atoms with Crippen LogP contribution in [0.2, 0.25) is 0 Å². The summed E-state index contributed by atoms with van der Waals surface area (Å²) >= 11 is 0. The molecule has 5 aromatic heterocycles. The van der Waals surface area contributed by atoms with Gasteiger partial charge in [-0.05, 0) is 112 Å². The van der Waals surface area contributed by atoms with Crippen LogP contribution in [0.15, 0.2) is 189 Å². The number of aromatic nitrogens is 5. The summed E-state index contributed by atoms with van der Waals surface area (Å²) in [6.45, 7) is 0. The van der Waals surface area contributed by atoms with E-state index in [2.05, 4.69) is 15.0 Å². The number of fused-ring (bicyclic) bond motifs is 6. The quantitative estimate of drug-likeness (QED) is 0.131. The minimum absolute atomic E-state index is 0.0739. The van der Waals surface area contributed by atoms with E-state index in [1.54, 1.807) is 104 Å². The molecule has 0 unspecified atom stereocenters. The molecular formula is C52H39N5. The van der Waals surface area contributed by atoms with Crippen LogP contribution in [0.5, 0.6) is 0 Å². The van der Waals surface area contributed by atoms with Crippen molar-refractivity contribution in [1.82, 2.24) is 24.3 Å². The molecule has 0 aliphatic carbocycles. The van der Waals surface area contributed by atoms with Gasteiger partial charge in [-0.3, -0.25) is 19.4 Å². The first-order chi connectivity index (χ1) is 31.3. The van der Waals surface area contributed by atoms with Gasteiger partial charge in [0.25, 0.3) is 0 Å². The summed E-state index contributed by atoms with van der Waals surface area (Å²) in [4.78, 5) is 17.9. The summed E-state index contributed by atoms with van der Waals surface area (Å²) in [7, 11) is 0. The monoisotopic (exact) mass is 741 g/mol. The Balaban J connectivity index is 1.13. The lowest BCUT2D eigenvalue weighted by molar-refractivity contribution is 0.931. The lowest BCUT2D eigenvalue weighted by atomic mass is 9.90. The Morgan fingerprint density at radius 2 is 0.965 bits per heavy atom. The summed E-state index contributed by atoms with van der Waals surface area (Å²) in [6, 6.07) is 45.9. The average Bonchev–Trinajstić information content (AvgIpc) is 3.85. The third-order valence-corrected chi connectivity index (χ3v) is 10.1. The van der Waals surface area contributed by atoms with E-state index in [0.29, 0.717) is 22.5 Å². The van der Waals surface area contributed by atoms with E-state index in [1.807, 2.05) is 83.3 Å². The first-order valence-electron chi connectivity index (χ1n) is 22.7. The Kier molecular flexibility index (Phi) is 7.04. The van der Waals surface area contributed by atoms with Gasteiger partial charge in [0.1, 0.15) is 0 Å². The Bertz CT molecular complexity index is 3250. The smallest absolute Gasteiger partial charge is 0.0997 e. The van der Waals surface area contributed by atoms with E-state index in [4.69, 9.17) is 4.98 Å². The van der Waals surface area contributed by atoms with Crippen LogP contribution < -0.4 is 0 Å². The van der Waals surface area contributed by atoms with Gasteiger partial charge < -0.3 is 0 Å². The predicted octanol–water partition coefficient (Wildman–Crippen LogP) is 12.1. The molecule has 57 heavy (non-hydrogen) atoms. The molecule has 5 aromatic carbocycles. The summed E-state index contributed by atoms with van der Waals surface area (Å²) in [5.41, 5.74) is 7.84. The highest BCUT2D eigenvalue weighted by Crippen LogP contribution is 2.37. The fourth-order valence-electron chi connectivity index (χ4n) is 7.33. The second kappa shape index (κ2) is 15.1. The standard InChI is InChI=1S/C52H39N5/c1-2-9-45(44(8-1)42-25-26-47-50(33-42)57-35-53-34-51(57)46-10-7-29-56-52(46)47)43-31-38(15-13-36-17-21-40(22-18-36)48-11-3-5-27-54-48)30-39(32-43)16-14-37-19-23-41(24-20-37)49-12-4-6-28-55-49/h1-12,17-35H,13-16H2/i13D2,14D2,15D2,16D2. The van der Waals surface area contributed by atoms with E-state index in [1.165, 1.54) is 6.07 Å². The molecular weight excluding hydrogens is 695 g/mol. The van der Waals surface area contributed by atoms with Crippen molar-refractivity contribution in [1.29, 1.82) is 0 Å². The molecule has 5 heterocycles. The molecule has 0 bridgehead atoms. The minimum atomic E-state index is -2.75. The van der Waals surface area contributed by atoms with Crippen LogP contribution in [0.25, 0.3) is 72.1 Å². The molecule has 0 aliphatic rings. The van der Waals surface area contributed by atoms with E-state index in [9.17, 15) is 11.0 Å². The van der Waals surface area contributed by atoms with Crippen molar-refractivity contribution in [3.63, 3.8) is 0 Å². The van der Waals surface area contributed by atoms with Crippen molar-refractivity contribution >= 4 is 27.3 Å². The number of aryl methyl sites for hydroxylation is 4. The van der Waals surface area contributed by atoms with Gasteiger partial charge in [0.2, 0.25) is 0 Å². The molecule has 0 saturated carbocycles. The van der Waals surface area contributed by atoms with Crippen molar-refractivity contribution in [2.75, 3.05) is 0 Å². The number of pyridine rings is 4. The maximum atomic E-state index is 9.59. The lowest BCUT2D eigenvalue weighted by Crippen LogP contribution is -1.98. The first-order valence-corrected chi connectivity index (χ1v) is 18.7. The van der Waals surface area contributed by atoms with E-state index >= 15 is 0 Å².